The highest BCUT2D eigenvalue weighted by Gasteiger charge is 2.09. The van der Waals surface area contributed by atoms with E-state index >= 15 is 0 Å². The number of hydrogen-bond donors (Lipinski definition) is 0. The van der Waals surface area contributed by atoms with Crippen LogP contribution in [0.1, 0.15) is 16.8 Å². The number of alkyl halides is 1. The summed E-state index contributed by atoms with van der Waals surface area (Å²) in [5.41, 5.74) is 0.234. The van der Waals surface area contributed by atoms with E-state index in [1.165, 1.54) is 24.3 Å². The molecule has 0 bridgehead atoms. The Labute approximate surface area is 97.1 Å². The standard InChI is InChI=1S/C10H10ClNO4/c11-6-1-7-16-10(13)8-2-4-9(5-3-8)12(14)15/h2-5H,1,6-7H2. The highest BCUT2D eigenvalue weighted by molar-refractivity contribution is 6.17. The number of nitrogens with zero attached hydrogens (tertiary/aromatic N) is 1. The number of hydrogen-bond acceptors (Lipinski definition) is 4. The first-order valence-electron chi connectivity index (χ1n) is 4.62. The van der Waals surface area contributed by atoms with Crippen molar-refractivity contribution in [2.24, 2.45) is 0 Å². The van der Waals surface area contributed by atoms with Crippen molar-refractivity contribution in [3.63, 3.8) is 0 Å². The van der Waals surface area contributed by atoms with E-state index in [4.69, 9.17) is 16.3 Å². The summed E-state index contributed by atoms with van der Waals surface area (Å²) >= 11 is 5.42. The zero-order valence-electron chi connectivity index (χ0n) is 8.39. The van der Waals surface area contributed by atoms with E-state index in [9.17, 15) is 14.9 Å². The third-order valence-corrected chi connectivity index (χ3v) is 2.09. The molecule has 0 aliphatic heterocycles. The fourth-order valence-corrected chi connectivity index (χ4v) is 1.13. The van der Waals surface area contributed by atoms with Gasteiger partial charge >= 0.3 is 5.97 Å². The van der Waals surface area contributed by atoms with Gasteiger partial charge in [-0.3, -0.25) is 10.1 Å². The summed E-state index contributed by atoms with van der Waals surface area (Å²) in [5, 5.41) is 10.4. The highest BCUT2D eigenvalue weighted by Crippen LogP contribution is 2.12. The number of nitro benzene ring substituents is 1. The van der Waals surface area contributed by atoms with Gasteiger partial charge in [0.1, 0.15) is 0 Å². The van der Waals surface area contributed by atoms with Crippen molar-refractivity contribution in [3.05, 3.63) is 39.9 Å². The molecule has 0 fully saturated rings. The molecule has 0 aliphatic rings. The number of ether oxygens (including phenoxy) is 1. The van der Waals surface area contributed by atoms with Crippen molar-refractivity contribution >= 4 is 23.3 Å². The fourth-order valence-electron chi connectivity index (χ4n) is 1.02. The van der Waals surface area contributed by atoms with Gasteiger partial charge in [-0.2, -0.15) is 0 Å². The van der Waals surface area contributed by atoms with Crippen molar-refractivity contribution in [1.29, 1.82) is 0 Å². The molecule has 16 heavy (non-hydrogen) atoms. The average molecular weight is 244 g/mol. The van der Waals surface area contributed by atoms with Crippen LogP contribution in [0.2, 0.25) is 0 Å². The molecule has 0 saturated heterocycles. The number of carbonyl (C=O) groups excluding carboxylic acids is 1. The first-order chi connectivity index (χ1) is 7.65. The number of nitro groups is 1. The summed E-state index contributed by atoms with van der Waals surface area (Å²) in [7, 11) is 0. The number of rotatable bonds is 5. The van der Waals surface area contributed by atoms with Gasteiger partial charge in [0.05, 0.1) is 17.1 Å². The summed E-state index contributed by atoms with van der Waals surface area (Å²) in [6, 6.07) is 5.25. The third-order valence-electron chi connectivity index (χ3n) is 1.82. The molecule has 0 spiro atoms. The summed E-state index contributed by atoms with van der Waals surface area (Å²) in [5.74, 6) is -0.0758. The van der Waals surface area contributed by atoms with Crippen LogP contribution < -0.4 is 0 Å². The van der Waals surface area contributed by atoms with E-state index in [1.54, 1.807) is 0 Å². The summed E-state index contributed by atoms with van der Waals surface area (Å²) in [6.45, 7) is 0.249. The Morgan fingerprint density at radius 3 is 2.50 bits per heavy atom. The van der Waals surface area contributed by atoms with Crippen LogP contribution in [0.15, 0.2) is 24.3 Å². The van der Waals surface area contributed by atoms with Crippen molar-refractivity contribution in [3.8, 4) is 0 Å². The lowest BCUT2D eigenvalue weighted by Gasteiger charge is -2.02. The van der Waals surface area contributed by atoms with Gasteiger partial charge in [-0.15, -0.1) is 11.6 Å². The molecule has 0 aromatic heterocycles. The van der Waals surface area contributed by atoms with E-state index in [0.717, 1.165) is 0 Å². The van der Waals surface area contributed by atoms with Gasteiger partial charge < -0.3 is 4.74 Å². The van der Waals surface area contributed by atoms with E-state index in [0.29, 0.717) is 17.9 Å². The van der Waals surface area contributed by atoms with Crippen molar-refractivity contribution < 1.29 is 14.5 Å². The van der Waals surface area contributed by atoms with Gasteiger partial charge in [0.2, 0.25) is 0 Å². The number of halogens is 1. The Morgan fingerprint density at radius 2 is 2.00 bits per heavy atom. The van der Waals surface area contributed by atoms with Gasteiger partial charge in [0, 0.05) is 18.0 Å². The first kappa shape index (κ1) is 12.4. The van der Waals surface area contributed by atoms with Gasteiger partial charge in [-0.1, -0.05) is 0 Å². The Kier molecular flexibility index (Phi) is 4.72. The predicted molar refractivity (Wildman–Crippen MR) is 58.7 cm³/mol. The van der Waals surface area contributed by atoms with Crippen LogP contribution in [-0.2, 0) is 4.74 Å². The van der Waals surface area contributed by atoms with Crippen molar-refractivity contribution in [2.45, 2.75) is 6.42 Å². The Balaban J connectivity index is 2.59. The normalized spacial score (nSPS) is 9.81. The molecule has 1 aromatic rings. The zero-order chi connectivity index (χ0) is 12.0. The number of non-ortho nitro benzene ring substituents is 1. The van der Waals surface area contributed by atoms with Crippen LogP contribution in [0.25, 0.3) is 0 Å². The second-order valence-corrected chi connectivity index (χ2v) is 3.36. The van der Waals surface area contributed by atoms with Crippen LogP contribution in [0, 0.1) is 10.1 Å². The number of esters is 1. The van der Waals surface area contributed by atoms with Crippen LogP contribution >= 0.6 is 11.6 Å². The molecule has 1 aromatic carbocycles. The van der Waals surface area contributed by atoms with Crippen molar-refractivity contribution in [2.75, 3.05) is 12.5 Å². The maximum Gasteiger partial charge on any atom is 0.338 e. The van der Waals surface area contributed by atoms with E-state index < -0.39 is 10.9 Å². The van der Waals surface area contributed by atoms with E-state index in [-0.39, 0.29) is 12.3 Å². The lowest BCUT2D eigenvalue weighted by molar-refractivity contribution is -0.384. The molecule has 86 valence electrons. The minimum Gasteiger partial charge on any atom is -0.462 e. The van der Waals surface area contributed by atoms with E-state index in [1.807, 2.05) is 0 Å². The van der Waals surface area contributed by atoms with Gasteiger partial charge in [-0.05, 0) is 18.6 Å². The molecule has 0 unspecified atom stereocenters. The number of carbonyl (C=O) groups is 1. The second kappa shape index (κ2) is 6.07. The summed E-state index contributed by atoms with van der Waals surface area (Å²) in [4.78, 5) is 21.2. The molecule has 0 radical (unpaired) electrons. The summed E-state index contributed by atoms with van der Waals surface area (Å²) in [6.07, 6.45) is 0.584. The van der Waals surface area contributed by atoms with Crippen LogP contribution in [0.3, 0.4) is 0 Å². The molecule has 1 rings (SSSR count). The maximum absolute atomic E-state index is 11.4. The lowest BCUT2D eigenvalue weighted by atomic mass is 10.2. The second-order valence-electron chi connectivity index (χ2n) is 2.98. The Morgan fingerprint density at radius 1 is 1.38 bits per heavy atom. The predicted octanol–water partition coefficient (Wildman–Crippen LogP) is 2.38. The Hall–Kier alpha value is -1.62. The SMILES string of the molecule is O=C(OCCCCl)c1ccc([N+](=O)[O-])cc1. The zero-order valence-corrected chi connectivity index (χ0v) is 9.14. The molecule has 0 saturated carbocycles. The molecular formula is C10H10ClNO4. The molecule has 6 heteroatoms. The minimum absolute atomic E-state index is 0.0580. The molecular weight excluding hydrogens is 234 g/mol. The Bertz CT molecular complexity index is 377. The van der Waals surface area contributed by atoms with Crippen LogP contribution in [-0.4, -0.2) is 23.4 Å². The molecule has 0 N–H and O–H groups in total. The van der Waals surface area contributed by atoms with Crippen LogP contribution in [0.4, 0.5) is 5.69 Å². The lowest BCUT2D eigenvalue weighted by Crippen LogP contribution is -2.06. The smallest absolute Gasteiger partial charge is 0.338 e. The minimum atomic E-state index is -0.525. The van der Waals surface area contributed by atoms with E-state index in [2.05, 4.69) is 0 Å². The highest BCUT2D eigenvalue weighted by atomic mass is 35.5. The molecule has 0 aliphatic carbocycles. The fraction of sp³-hybridized carbons (Fsp3) is 0.300. The molecule has 0 heterocycles. The average Bonchev–Trinajstić information content (AvgIpc) is 2.29. The summed E-state index contributed by atoms with van der Waals surface area (Å²) < 4.78 is 4.88. The topological polar surface area (TPSA) is 69.4 Å². The number of benzene rings is 1. The molecule has 0 amide bonds. The first-order valence-corrected chi connectivity index (χ1v) is 5.16. The largest absolute Gasteiger partial charge is 0.462 e. The molecule has 0 atom stereocenters. The van der Waals surface area contributed by atoms with Gasteiger partial charge in [0.15, 0.2) is 0 Å². The van der Waals surface area contributed by atoms with Gasteiger partial charge in [0.25, 0.3) is 5.69 Å². The monoisotopic (exact) mass is 243 g/mol. The van der Waals surface area contributed by atoms with Crippen LogP contribution in [0.5, 0.6) is 0 Å². The quantitative estimate of drug-likeness (QED) is 0.262. The maximum atomic E-state index is 11.4. The third kappa shape index (κ3) is 3.51. The van der Waals surface area contributed by atoms with Gasteiger partial charge in [-0.25, -0.2) is 4.79 Å². The molecule has 5 nitrogen and oxygen atoms in total. The van der Waals surface area contributed by atoms with Crippen molar-refractivity contribution in [1.82, 2.24) is 0 Å².